The Morgan fingerprint density at radius 1 is 1.38 bits per heavy atom. The van der Waals surface area contributed by atoms with Gasteiger partial charge in [0.15, 0.2) is 0 Å². The third-order valence-electron chi connectivity index (χ3n) is 3.66. The number of ether oxygens (including phenoxy) is 1. The quantitative estimate of drug-likeness (QED) is 0.762. The number of benzene rings is 1. The maximum Gasteiger partial charge on any atom is 0.407 e. The monoisotopic (exact) mass is 416 g/mol. The molecule has 0 aliphatic carbocycles. The van der Waals surface area contributed by atoms with Crippen LogP contribution >= 0.6 is 15.9 Å². The summed E-state index contributed by atoms with van der Waals surface area (Å²) in [5.74, 6) is 0. The lowest BCUT2D eigenvalue weighted by atomic mass is 10.1. The smallest absolute Gasteiger partial charge is 0.407 e. The van der Waals surface area contributed by atoms with Gasteiger partial charge in [-0.1, -0.05) is 28.1 Å². The van der Waals surface area contributed by atoms with E-state index in [2.05, 4.69) is 21.2 Å². The molecule has 134 valence electrons. The third-order valence-corrected chi connectivity index (χ3v) is 5.80. The SMILES string of the molecule is CC(C)(C)OC(=O)NC1CCN(S(=O)c2cccc(CBr)c2)CC1. The van der Waals surface area contributed by atoms with Crippen molar-refractivity contribution in [2.75, 3.05) is 13.1 Å². The highest BCUT2D eigenvalue weighted by atomic mass is 79.9. The van der Waals surface area contributed by atoms with Gasteiger partial charge in [-0.05, 0) is 51.3 Å². The number of nitrogens with zero attached hydrogens (tertiary/aromatic N) is 1. The van der Waals surface area contributed by atoms with Crippen LogP contribution < -0.4 is 5.32 Å². The molecule has 1 atom stereocenters. The first kappa shape index (κ1) is 19.4. The molecule has 1 heterocycles. The van der Waals surface area contributed by atoms with E-state index in [1.54, 1.807) is 0 Å². The summed E-state index contributed by atoms with van der Waals surface area (Å²) in [5.41, 5.74) is 0.620. The second kappa shape index (κ2) is 8.45. The molecule has 1 aliphatic heterocycles. The number of carbonyl (C=O) groups is 1. The number of alkyl carbamates (subject to hydrolysis) is 1. The van der Waals surface area contributed by atoms with E-state index < -0.39 is 16.6 Å². The average Bonchev–Trinajstić information content (AvgIpc) is 2.53. The van der Waals surface area contributed by atoms with Crippen LogP contribution in [0, 0.1) is 0 Å². The van der Waals surface area contributed by atoms with Crippen LogP contribution in [-0.4, -0.2) is 39.3 Å². The van der Waals surface area contributed by atoms with Crippen LogP contribution in [-0.2, 0) is 21.1 Å². The maximum absolute atomic E-state index is 12.7. The minimum absolute atomic E-state index is 0.0713. The second-order valence-corrected chi connectivity index (χ2v) is 8.93. The van der Waals surface area contributed by atoms with E-state index in [-0.39, 0.29) is 12.1 Å². The van der Waals surface area contributed by atoms with E-state index in [9.17, 15) is 9.00 Å². The molecule has 1 unspecified atom stereocenters. The van der Waals surface area contributed by atoms with Crippen molar-refractivity contribution in [1.82, 2.24) is 9.62 Å². The fourth-order valence-corrected chi connectivity index (χ4v) is 4.16. The van der Waals surface area contributed by atoms with Gasteiger partial charge in [0.05, 0.1) is 4.90 Å². The Balaban J connectivity index is 1.86. The van der Waals surface area contributed by atoms with Crippen LogP contribution in [0.1, 0.15) is 39.2 Å². The van der Waals surface area contributed by atoms with Gasteiger partial charge in [0.2, 0.25) is 0 Å². The van der Waals surface area contributed by atoms with Gasteiger partial charge >= 0.3 is 6.09 Å². The molecule has 1 saturated heterocycles. The summed E-state index contributed by atoms with van der Waals surface area (Å²) in [6, 6.07) is 7.87. The number of hydrogen-bond acceptors (Lipinski definition) is 3. The second-order valence-electron chi connectivity index (χ2n) is 6.88. The molecule has 0 radical (unpaired) electrons. The first-order valence-corrected chi connectivity index (χ1v) is 10.3. The number of piperidine rings is 1. The van der Waals surface area contributed by atoms with Crippen molar-refractivity contribution in [2.45, 2.75) is 55.5 Å². The largest absolute Gasteiger partial charge is 0.444 e. The minimum Gasteiger partial charge on any atom is -0.444 e. The van der Waals surface area contributed by atoms with Crippen LogP contribution in [0.4, 0.5) is 4.79 Å². The molecule has 24 heavy (non-hydrogen) atoms. The van der Waals surface area contributed by atoms with E-state index in [1.807, 2.05) is 49.3 Å². The number of hydrogen-bond donors (Lipinski definition) is 1. The standard InChI is InChI=1S/C17H25BrN2O3S/c1-17(2,3)23-16(21)19-14-7-9-20(10-8-14)24(22)15-6-4-5-13(11-15)12-18/h4-6,11,14H,7-10,12H2,1-3H3,(H,19,21). The van der Waals surface area contributed by atoms with Crippen molar-refractivity contribution >= 4 is 33.0 Å². The summed E-state index contributed by atoms with van der Waals surface area (Å²) < 4.78 is 19.9. The Kier molecular flexibility index (Phi) is 6.83. The van der Waals surface area contributed by atoms with E-state index in [0.29, 0.717) is 13.1 Å². The molecule has 7 heteroatoms. The molecular formula is C17H25BrN2O3S. The molecule has 1 aromatic rings. The fraction of sp³-hybridized carbons (Fsp3) is 0.588. The predicted molar refractivity (Wildman–Crippen MR) is 99.4 cm³/mol. The lowest BCUT2D eigenvalue weighted by molar-refractivity contribution is 0.0490. The molecule has 1 N–H and O–H groups in total. The topological polar surface area (TPSA) is 58.6 Å². The van der Waals surface area contributed by atoms with Gasteiger partial charge in [-0.2, -0.15) is 0 Å². The Labute approximate surface area is 154 Å². The molecule has 0 aromatic heterocycles. The molecule has 0 spiro atoms. The fourth-order valence-electron chi connectivity index (χ4n) is 2.53. The Morgan fingerprint density at radius 3 is 2.62 bits per heavy atom. The van der Waals surface area contributed by atoms with Gasteiger partial charge in [0.1, 0.15) is 16.6 Å². The average molecular weight is 417 g/mol. The molecule has 0 bridgehead atoms. The maximum atomic E-state index is 12.7. The van der Waals surface area contributed by atoms with Crippen LogP contribution in [0.3, 0.4) is 0 Å². The summed E-state index contributed by atoms with van der Waals surface area (Å²) in [6.07, 6.45) is 1.15. The minimum atomic E-state index is -1.16. The molecule has 5 nitrogen and oxygen atoms in total. The molecular weight excluding hydrogens is 392 g/mol. The molecule has 2 rings (SSSR count). The van der Waals surface area contributed by atoms with Gasteiger partial charge in [-0.15, -0.1) is 0 Å². The number of carbonyl (C=O) groups excluding carboxylic acids is 1. The molecule has 1 aliphatic rings. The van der Waals surface area contributed by atoms with E-state index in [4.69, 9.17) is 4.74 Å². The lowest BCUT2D eigenvalue weighted by Gasteiger charge is -2.31. The molecule has 1 aromatic carbocycles. The van der Waals surface area contributed by atoms with Crippen LogP contribution in [0.25, 0.3) is 0 Å². The van der Waals surface area contributed by atoms with E-state index >= 15 is 0 Å². The highest BCUT2D eigenvalue weighted by Crippen LogP contribution is 2.19. The van der Waals surface area contributed by atoms with Crippen molar-refractivity contribution < 1.29 is 13.7 Å². The van der Waals surface area contributed by atoms with Crippen molar-refractivity contribution in [3.8, 4) is 0 Å². The third kappa shape index (κ3) is 5.86. The number of amides is 1. The van der Waals surface area contributed by atoms with E-state index in [1.165, 1.54) is 0 Å². The normalized spacial score (nSPS) is 18.2. The highest BCUT2D eigenvalue weighted by Gasteiger charge is 2.26. The van der Waals surface area contributed by atoms with Crippen LogP contribution in [0.15, 0.2) is 29.2 Å². The zero-order valence-corrected chi connectivity index (χ0v) is 16.8. The Bertz CT molecular complexity index is 596. The zero-order valence-electron chi connectivity index (χ0n) is 14.4. The van der Waals surface area contributed by atoms with Crippen molar-refractivity contribution in [1.29, 1.82) is 0 Å². The molecule has 0 saturated carbocycles. The molecule has 1 amide bonds. The number of halogens is 1. The predicted octanol–water partition coefficient (Wildman–Crippen LogP) is 3.59. The first-order valence-electron chi connectivity index (χ1n) is 8.10. The van der Waals surface area contributed by atoms with Crippen molar-refractivity contribution in [3.05, 3.63) is 29.8 Å². The summed E-state index contributed by atoms with van der Waals surface area (Å²) in [6.45, 7) is 6.91. The van der Waals surface area contributed by atoms with Crippen LogP contribution in [0.2, 0.25) is 0 Å². The molecule has 1 fully saturated rings. The zero-order chi connectivity index (χ0) is 17.7. The van der Waals surface area contributed by atoms with Crippen LogP contribution in [0.5, 0.6) is 0 Å². The van der Waals surface area contributed by atoms with Crippen molar-refractivity contribution in [2.24, 2.45) is 0 Å². The highest BCUT2D eigenvalue weighted by molar-refractivity contribution is 9.08. The summed E-state index contributed by atoms with van der Waals surface area (Å²) in [7, 11) is -1.16. The summed E-state index contributed by atoms with van der Waals surface area (Å²) >= 11 is 3.42. The van der Waals surface area contributed by atoms with Gasteiger partial charge in [-0.3, -0.25) is 0 Å². The Morgan fingerprint density at radius 2 is 2.04 bits per heavy atom. The Hall–Kier alpha value is -0.920. The first-order chi connectivity index (χ1) is 11.3. The van der Waals surface area contributed by atoms with Gasteiger partial charge in [-0.25, -0.2) is 13.3 Å². The lowest BCUT2D eigenvalue weighted by Crippen LogP contribution is -2.46. The number of rotatable bonds is 4. The summed E-state index contributed by atoms with van der Waals surface area (Å²) in [4.78, 5) is 12.6. The summed E-state index contributed by atoms with van der Waals surface area (Å²) in [5, 5.41) is 3.65. The number of nitrogens with one attached hydrogen (secondary N) is 1. The number of alkyl halides is 1. The van der Waals surface area contributed by atoms with Gasteiger partial charge in [0, 0.05) is 24.5 Å². The van der Waals surface area contributed by atoms with Gasteiger partial charge < -0.3 is 10.1 Å². The van der Waals surface area contributed by atoms with Crippen molar-refractivity contribution in [3.63, 3.8) is 0 Å². The van der Waals surface area contributed by atoms with Gasteiger partial charge in [0.25, 0.3) is 0 Å². The van der Waals surface area contributed by atoms with E-state index in [0.717, 1.165) is 28.6 Å².